The lowest BCUT2D eigenvalue weighted by atomic mass is 9.97. The molecule has 0 fully saturated rings. The van der Waals surface area contributed by atoms with Gasteiger partial charge in [-0.25, -0.2) is 4.79 Å². The number of furan rings is 1. The number of methoxy groups -OCH3 is 1. The lowest BCUT2D eigenvalue weighted by Crippen LogP contribution is -2.00. The highest BCUT2D eigenvalue weighted by atomic mass is 16.5. The summed E-state index contributed by atoms with van der Waals surface area (Å²) in [5.74, 6) is 0.814. The Morgan fingerprint density at radius 2 is 1.84 bits per heavy atom. The average molecular weight is 334 g/mol. The molecule has 0 aliphatic carbocycles. The zero-order chi connectivity index (χ0) is 17.6. The molecule has 4 aromatic rings. The van der Waals surface area contributed by atoms with Gasteiger partial charge in [-0.05, 0) is 48.2 Å². The van der Waals surface area contributed by atoms with E-state index in [1.165, 1.54) is 0 Å². The molecular formula is C21H18O4. The van der Waals surface area contributed by atoms with Crippen LogP contribution in [-0.4, -0.2) is 7.11 Å². The molecule has 0 saturated heterocycles. The van der Waals surface area contributed by atoms with E-state index in [0.717, 1.165) is 50.8 Å². The second-order valence-corrected chi connectivity index (χ2v) is 6.09. The summed E-state index contributed by atoms with van der Waals surface area (Å²) in [6.45, 7) is 4.02. The van der Waals surface area contributed by atoms with Crippen molar-refractivity contribution in [2.75, 3.05) is 7.11 Å². The predicted molar refractivity (Wildman–Crippen MR) is 98.4 cm³/mol. The number of hydrogen-bond acceptors (Lipinski definition) is 4. The first-order valence-electron chi connectivity index (χ1n) is 8.24. The maximum absolute atomic E-state index is 11.8. The average Bonchev–Trinajstić information content (AvgIpc) is 3.06. The minimum atomic E-state index is -0.329. The molecule has 0 spiro atoms. The van der Waals surface area contributed by atoms with Crippen LogP contribution in [0.5, 0.6) is 5.75 Å². The smallest absolute Gasteiger partial charge is 0.336 e. The number of ether oxygens (including phenoxy) is 1. The highest BCUT2D eigenvalue weighted by Crippen LogP contribution is 2.38. The van der Waals surface area contributed by atoms with Gasteiger partial charge >= 0.3 is 5.63 Å². The fourth-order valence-electron chi connectivity index (χ4n) is 3.38. The van der Waals surface area contributed by atoms with E-state index in [-0.39, 0.29) is 5.63 Å². The molecule has 126 valence electrons. The van der Waals surface area contributed by atoms with Gasteiger partial charge in [0, 0.05) is 17.0 Å². The number of rotatable bonds is 3. The van der Waals surface area contributed by atoms with E-state index >= 15 is 0 Å². The summed E-state index contributed by atoms with van der Waals surface area (Å²) < 4.78 is 16.6. The van der Waals surface area contributed by atoms with Gasteiger partial charge in [0.25, 0.3) is 0 Å². The standard InChI is InChI=1S/C21H18O4/c1-4-13-10-18(22)25-17-9-12(2)19-16(11-24-21(19)20(13)17)14-5-7-15(23-3)8-6-14/h5-11H,4H2,1-3H3. The highest BCUT2D eigenvalue weighted by molar-refractivity contribution is 6.10. The molecular weight excluding hydrogens is 316 g/mol. The van der Waals surface area contributed by atoms with Gasteiger partial charge in [-0.1, -0.05) is 19.1 Å². The molecule has 0 bridgehead atoms. The van der Waals surface area contributed by atoms with Gasteiger partial charge in [0.1, 0.15) is 16.9 Å². The third-order valence-electron chi connectivity index (χ3n) is 4.61. The van der Waals surface area contributed by atoms with Crippen molar-refractivity contribution in [2.45, 2.75) is 20.3 Å². The van der Waals surface area contributed by atoms with Gasteiger partial charge in [-0.2, -0.15) is 0 Å². The molecule has 0 radical (unpaired) electrons. The lowest BCUT2D eigenvalue weighted by molar-refractivity contribution is 0.415. The van der Waals surface area contributed by atoms with E-state index < -0.39 is 0 Å². The van der Waals surface area contributed by atoms with Gasteiger partial charge < -0.3 is 13.6 Å². The van der Waals surface area contributed by atoms with Crippen LogP contribution in [0.25, 0.3) is 33.1 Å². The van der Waals surface area contributed by atoms with Crippen molar-refractivity contribution < 1.29 is 13.6 Å². The van der Waals surface area contributed by atoms with E-state index in [4.69, 9.17) is 13.6 Å². The zero-order valence-corrected chi connectivity index (χ0v) is 14.4. The fraction of sp³-hybridized carbons (Fsp3) is 0.190. The Balaban J connectivity index is 2.05. The quantitative estimate of drug-likeness (QED) is 0.490. The first-order valence-corrected chi connectivity index (χ1v) is 8.24. The van der Waals surface area contributed by atoms with Crippen molar-refractivity contribution in [1.82, 2.24) is 0 Å². The Hall–Kier alpha value is -3.01. The van der Waals surface area contributed by atoms with Gasteiger partial charge in [0.2, 0.25) is 0 Å². The topological polar surface area (TPSA) is 52.6 Å². The maximum Gasteiger partial charge on any atom is 0.336 e. The van der Waals surface area contributed by atoms with Crippen molar-refractivity contribution in [1.29, 1.82) is 0 Å². The molecule has 4 heteroatoms. The summed E-state index contributed by atoms with van der Waals surface area (Å²) in [6, 6.07) is 11.4. The van der Waals surface area contributed by atoms with Gasteiger partial charge in [-0.15, -0.1) is 0 Å². The van der Waals surface area contributed by atoms with E-state index in [0.29, 0.717) is 5.58 Å². The molecule has 2 aromatic carbocycles. The third kappa shape index (κ3) is 2.41. The molecule has 4 nitrogen and oxygen atoms in total. The number of fused-ring (bicyclic) bond motifs is 3. The Kier molecular flexibility index (Phi) is 3.61. The molecule has 2 heterocycles. The van der Waals surface area contributed by atoms with E-state index in [2.05, 4.69) is 0 Å². The van der Waals surface area contributed by atoms with Crippen LogP contribution in [0.4, 0.5) is 0 Å². The van der Waals surface area contributed by atoms with Crippen LogP contribution in [0.3, 0.4) is 0 Å². The largest absolute Gasteiger partial charge is 0.497 e. The molecule has 0 amide bonds. The first kappa shape index (κ1) is 15.5. The van der Waals surface area contributed by atoms with E-state index in [9.17, 15) is 4.79 Å². The molecule has 2 aromatic heterocycles. The van der Waals surface area contributed by atoms with Crippen LogP contribution in [-0.2, 0) is 6.42 Å². The SMILES string of the molecule is CCc1cc(=O)oc2cc(C)c3c(-c4ccc(OC)cc4)coc3c12. The molecule has 0 aliphatic rings. The molecule has 0 unspecified atom stereocenters. The van der Waals surface area contributed by atoms with Crippen LogP contribution >= 0.6 is 0 Å². The summed E-state index contributed by atoms with van der Waals surface area (Å²) in [6.07, 6.45) is 2.50. The minimum absolute atomic E-state index is 0.329. The van der Waals surface area contributed by atoms with Crippen molar-refractivity contribution in [3.8, 4) is 16.9 Å². The summed E-state index contributed by atoms with van der Waals surface area (Å²) in [5, 5.41) is 1.92. The zero-order valence-electron chi connectivity index (χ0n) is 14.4. The van der Waals surface area contributed by atoms with E-state index in [1.54, 1.807) is 19.4 Å². The number of benzene rings is 2. The summed E-state index contributed by atoms with van der Waals surface area (Å²) in [5.41, 5.74) is 5.03. The summed E-state index contributed by atoms with van der Waals surface area (Å²) >= 11 is 0. The fourth-order valence-corrected chi connectivity index (χ4v) is 3.38. The van der Waals surface area contributed by atoms with Crippen LogP contribution < -0.4 is 10.4 Å². The Morgan fingerprint density at radius 3 is 2.52 bits per heavy atom. The third-order valence-corrected chi connectivity index (χ3v) is 4.61. The lowest BCUT2D eigenvalue weighted by Gasteiger charge is -2.07. The number of aryl methyl sites for hydroxylation is 2. The van der Waals surface area contributed by atoms with Crippen molar-refractivity contribution >= 4 is 21.9 Å². The van der Waals surface area contributed by atoms with Crippen LogP contribution in [0.2, 0.25) is 0 Å². The second kappa shape index (κ2) is 5.81. The summed E-state index contributed by atoms with van der Waals surface area (Å²) in [7, 11) is 1.65. The Labute approximate surface area is 144 Å². The minimum Gasteiger partial charge on any atom is -0.497 e. The molecule has 4 rings (SSSR count). The maximum atomic E-state index is 11.8. The van der Waals surface area contributed by atoms with Crippen LogP contribution in [0.15, 0.2) is 56.3 Å². The van der Waals surface area contributed by atoms with Gasteiger partial charge in [0.05, 0.1) is 18.8 Å². The van der Waals surface area contributed by atoms with Gasteiger partial charge in [-0.3, -0.25) is 0 Å². The molecule has 0 atom stereocenters. The van der Waals surface area contributed by atoms with Crippen molar-refractivity contribution in [2.24, 2.45) is 0 Å². The van der Waals surface area contributed by atoms with Crippen LogP contribution in [0.1, 0.15) is 18.1 Å². The molecule has 0 saturated carbocycles. The first-order chi connectivity index (χ1) is 12.1. The van der Waals surface area contributed by atoms with E-state index in [1.807, 2.05) is 44.2 Å². The predicted octanol–water partition coefficient (Wildman–Crippen LogP) is 5.09. The van der Waals surface area contributed by atoms with Crippen LogP contribution in [0, 0.1) is 6.92 Å². The van der Waals surface area contributed by atoms with Crippen molar-refractivity contribution in [3.05, 3.63) is 64.2 Å². The molecule has 0 aliphatic heterocycles. The summed E-state index contributed by atoms with van der Waals surface area (Å²) in [4.78, 5) is 11.8. The normalized spacial score (nSPS) is 11.3. The molecule has 25 heavy (non-hydrogen) atoms. The Morgan fingerprint density at radius 1 is 1.08 bits per heavy atom. The highest BCUT2D eigenvalue weighted by Gasteiger charge is 2.17. The van der Waals surface area contributed by atoms with Gasteiger partial charge in [0.15, 0.2) is 0 Å². The number of hydrogen-bond donors (Lipinski definition) is 0. The monoisotopic (exact) mass is 334 g/mol. The second-order valence-electron chi connectivity index (χ2n) is 6.09. The molecule has 0 N–H and O–H groups in total. The Bertz CT molecular complexity index is 1130. The van der Waals surface area contributed by atoms with Crippen molar-refractivity contribution in [3.63, 3.8) is 0 Å².